The van der Waals surface area contributed by atoms with Crippen LogP contribution in [0.2, 0.25) is 0 Å². The lowest BCUT2D eigenvalue weighted by Crippen LogP contribution is -2.26. The number of aromatic nitrogens is 4. The van der Waals surface area contributed by atoms with Crippen molar-refractivity contribution >= 4 is 22.2 Å². The van der Waals surface area contributed by atoms with Gasteiger partial charge in [0.25, 0.3) is 0 Å². The van der Waals surface area contributed by atoms with Crippen LogP contribution in [0.25, 0.3) is 22.5 Å². The predicted octanol–water partition coefficient (Wildman–Crippen LogP) is 3.51. The molecule has 30 heavy (non-hydrogen) atoms. The molecule has 2 N–H and O–H groups in total. The zero-order chi connectivity index (χ0) is 22.1. The maximum absolute atomic E-state index is 11.8. The summed E-state index contributed by atoms with van der Waals surface area (Å²) in [4.78, 5) is 17.5. The van der Waals surface area contributed by atoms with Gasteiger partial charge in [-0.05, 0) is 45.9 Å². The Bertz CT molecular complexity index is 1030. The minimum absolute atomic E-state index is 0.357. The Kier molecular flexibility index (Phi) is 6.23. The molecule has 3 heterocycles. The SMILES string of the molecule is CC(C)(c1ncccc1-c1cnc(-c2cccnc2C(C)(C)S(=O)O)nc1)S(=O)O. The third kappa shape index (κ3) is 4.08. The van der Waals surface area contributed by atoms with Crippen molar-refractivity contribution in [3.63, 3.8) is 0 Å². The molecule has 0 saturated heterocycles. The van der Waals surface area contributed by atoms with E-state index in [0.717, 1.165) is 0 Å². The molecule has 8 nitrogen and oxygen atoms in total. The molecule has 3 aromatic heterocycles. The van der Waals surface area contributed by atoms with Gasteiger partial charge in [-0.3, -0.25) is 9.97 Å². The van der Waals surface area contributed by atoms with Gasteiger partial charge in [0.05, 0.1) is 11.4 Å². The highest BCUT2D eigenvalue weighted by Gasteiger charge is 2.33. The van der Waals surface area contributed by atoms with Crippen LogP contribution in [0.1, 0.15) is 39.1 Å². The lowest BCUT2D eigenvalue weighted by Gasteiger charge is -2.23. The van der Waals surface area contributed by atoms with E-state index in [-0.39, 0.29) is 0 Å². The van der Waals surface area contributed by atoms with Crippen LogP contribution >= 0.6 is 0 Å². The topological polar surface area (TPSA) is 126 Å². The van der Waals surface area contributed by atoms with Crippen LogP contribution in [-0.2, 0) is 31.7 Å². The Hall–Kier alpha value is -2.40. The standard InChI is InChI=1S/C20H22N4O4S2/c1-19(2,29(25)26)16-14(7-5-9-21-16)13-11-23-18(24-12-13)15-8-6-10-22-17(15)20(3,4)30(27)28/h5-12H,1-4H3,(H,25,26)(H,27,28). The number of pyridine rings is 2. The first-order valence-electron chi connectivity index (χ1n) is 9.02. The largest absolute Gasteiger partial charge is 0.305 e. The highest BCUT2D eigenvalue weighted by molar-refractivity contribution is 7.80. The summed E-state index contributed by atoms with van der Waals surface area (Å²) in [5.74, 6) is 0.357. The van der Waals surface area contributed by atoms with Crippen LogP contribution in [0.15, 0.2) is 49.1 Å². The van der Waals surface area contributed by atoms with Crippen LogP contribution in [-0.4, -0.2) is 37.5 Å². The lowest BCUT2D eigenvalue weighted by atomic mass is 9.98. The fourth-order valence-corrected chi connectivity index (χ4v) is 3.61. The van der Waals surface area contributed by atoms with Crippen LogP contribution in [0.3, 0.4) is 0 Å². The van der Waals surface area contributed by atoms with Gasteiger partial charge >= 0.3 is 0 Å². The molecule has 0 aliphatic heterocycles. The summed E-state index contributed by atoms with van der Waals surface area (Å²) in [6.45, 7) is 6.54. The minimum atomic E-state index is -2.14. The summed E-state index contributed by atoms with van der Waals surface area (Å²) in [6, 6.07) is 6.99. The van der Waals surface area contributed by atoms with E-state index in [1.54, 1.807) is 76.7 Å². The highest BCUT2D eigenvalue weighted by Crippen LogP contribution is 2.34. The third-order valence-corrected chi connectivity index (χ3v) is 6.97. The van der Waals surface area contributed by atoms with Gasteiger partial charge in [-0.2, -0.15) is 0 Å². The van der Waals surface area contributed by atoms with E-state index in [2.05, 4.69) is 19.9 Å². The molecule has 10 heteroatoms. The molecule has 0 fully saturated rings. The van der Waals surface area contributed by atoms with Gasteiger partial charge in [-0.1, -0.05) is 6.07 Å². The smallest absolute Gasteiger partial charge is 0.164 e. The Morgan fingerprint density at radius 3 is 1.63 bits per heavy atom. The Labute approximate surface area is 179 Å². The van der Waals surface area contributed by atoms with Gasteiger partial charge in [0.1, 0.15) is 9.49 Å². The molecule has 0 spiro atoms. The van der Waals surface area contributed by atoms with E-state index in [9.17, 15) is 17.5 Å². The van der Waals surface area contributed by atoms with Gasteiger partial charge in [-0.25, -0.2) is 18.4 Å². The zero-order valence-electron chi connectivity index (χ0n) is 16.9. The van der Waals surface area contributed by atoms with Crippen molar-refractivity contribution in [2.75, 3.05) is 0 Å². The second kappa shape index (κ2) is 8.38. The van der Waals surface area contributed by atoms with Crippen LogP contribution in [0, 0.1) is 0 Å². The molecule has 3 aromatic rings. The molecule has 0 amide bonds. The first-order chi connectivity index (χ1) is 14.1. The van der Waals surface area contributed by atoms with Crippen LogP contribution in [0.4, 0.5) is 0 Å². The van der Waals surface area contributed by atoms with E-state index in [1.807, 2.05) is 0 Å². The van der Waals surface area contributed by atoms with Gasteiger partial charge in [-0.15, -0.1) is 0 Å². The number of rotatable bonds is 6. The fourth-order valence-electron chi connectivity index (χ4n) is 2.96. The molecule has 0 bridgehead atoms. The first-order valence-corrected chi connectivity index (χ1v) is 11.2. The molecule has 2 atom stereocenters. The monoisotopic (exact) mass is 446 g/mol. The summed E-state index contributed by atoms with van der Waals surface area (Å²) in [5, 5.41) is 0. The van der Waals surface area contributed by atoms with E-state index >= 15 is 0 Å². The molecular formula is C20H22N4O4S2. The van der Waals surface area contributed by atoms with Crippen molar-refractivity contribution in [3.8, 4) is 22.5 Å². The van der Waals surface area contributed by atoms with Crippen molar-refractivity contribution in [1.82, 2.24) is 19.9 Å². The molecular weight excluding hydrogens is 424 g/mol. The summed E-state index contributed by atoms with van der Waals surface area (Å²) in [6.07, 6.45) is 6.32. The molecule has 0 saturated carbocycles. The molecule has 0 radical (unpaired) electrons. The van der Waals surface area contributed by atoms with Crippen LogP contribution < -0.4 is 0 Å². The second-order valence-electron chi connectivity index (χ2n) is 7.61. The first kappa shape index (κ1) is 22.3. The normalized spacial score (nSPS) is 14.3. The summed E-state index contributed by atoms with van der Waals surface area (Å²) < 4.78 is 40.8. The van der Waals surface area contributed by atoms with Crippen molar-refractivity contribution in [1.29, 1.82) is 0 Å². The lowest BCUT2D eigenvalue weighted by molar-refractivity contribution is 0.518. The Balaban J connectivity index is 2.08. The van der Waals surface area contributed by atoms with Crippen molar-refractivity contribution < 1.29 is 17.5 Å². The quantitative estimate of drug-likeness (QED) is 0.551. The van der Waals surface area contributed by atoms with Gasteiger partial charge < -0.3 is 9.11 Å². The predicted molar refractivity (Wildman–Crippen MR) is 116 cm³/mol. The fraction of sp³-hybridized carbons (Fsp3) is 0.300. The Morgan fingerprint density at radius 2 is 1.17 bits per heavy atom. The van der Waals surface area contributed by atoms with E-state index in [4.69, 9.17) is 0 Å². The molecule has 0 aliphatic carbocycles. The molecule has 2 unspecified atom stereocenters. The highest BCUT2D eigenvalue weighted by atomic mass is 32.2. The Morgan fingerprint density at radius 1 is 0.733 bits per heavy atom. The molecule has 3 rings (SSSR count). The van der Waals surface area contributed by atoms with Crippen LogP contribution in [0.5, 0.6) is 0 Å². The van der Waals surface area contributed by atoms with Gasteiger partial charge in [0.2, 0.25) is 0 Å². The maximum Gasteiger partial charge on any atom is 0.164 e. The average molecular weight is 447 g/mol. The number of hydrogen-bond donors (Lipinski definition) is 2. The van der Waals surface area contributed by atoms with Crippen molar-refractivity contribution in [2.24, 2.45) is 0 Å². The van der Waals surface area contributed by atoms with Crippen molar-refractivity contribution in [3.05, 3.63) is 60.4 Å². The third-order valence-electron chi connectivity index (χ3n) is 4.83. The number of hydrogen-bond acceptors (Lipinski definition) is 6. The minimum Gasteiger partial charge on any atom is -0.305 e. The summed E-state index contributed by atoms with van der Waals surface area (Å²) in [7, 11) is 0. The van der Waals surface area contributed by atoms with Gasteiger partial charge in [0, 0.05) is 41.5 Å². The molecule has 0 aromatic carbocycles. The second-order valence-corrected chi connectivity index (χ2v) is 10.7. The molecule has 0 aliphatic rings. The maximum atomic E-state index is 11.8. The number of nitrogens with zero attached hydrogens (tertiary/aromatic N) is 4. The van der Waals surface area contributed by atoms with Crippen molar-refractivity contribution in [2.45, 2.75) is 37.2 Å². The zero-order valence-corrected chi connectivity index (χ0v) is 18.6. The summed E-state index contributed by atoms with van der Waals surface area (Å²) in [5.41, 5.74) is 2.72. The molecule has 158 valence electrons. The van der Waals surface area contributed by atoms with E-state index in [0.29, 0.717) is 33.9 Å². The summed E-state index contributed by atoms with van der Waals surface area (Å²) >= 11 is -4.27. The van der Waals surface area contributed by atoms with E-state index in [1.165, 1.54) is 0 Å². The van der Waals surface area contributed by atoms with Gasteiger partial charge in [0.15, 0.2) is 28.0 Å². The average Bonchev–Trinajstić information content (AvgIpc) is 2.73. The van der Waals surface area contributed by atoms with E-state index < -0.39 is 31.7 Å².